The van der Waals surface area contributed by atoms with Crippen LogP contribution in [0.3, 0.4) is 0 Å². The molecule has 0 radical (unpaired) electrons. The Bertz CT molecular complexity index is 399. The van der Waals surface area contributed by atoms with Crippen molar-refractivity contribution in [2.45, 2.75) is 45.9 Å². The summed E-state index contributed by atoms with van der Waals surface area (Å²) in [6.45, 7) is 8.46. The molecule has 1 atom stereocenters. The standard InChI is InChI=1S/C14H22N2S/c1-5-12(4)16-14(15)17-9-13-8-10(2)6-7-11(13)3/h6-8,12H,5,9H2,1-4H3,(H2,15,16)/t12-/m0/s1. The first-order chi connectivity index (χ1) is 8.02. The van der Waals surface area contributed by atoms with Gasteiger partial charge in [-0.3, -0.25) is 4.99 Å². The Kier molecular flexibility index (Phi) is 5.56. The number of nitrogens with two attached hydrogens (primary N) is 1. The van der Waals surface area contributed by atoms with E-state index >= 15 is 0 Å². The Labute approximate surface area is 109 Å². The second-order valence-corrected chi connectivity index (χ2v) is 5.44. The molecule has 0 aliphatic carbocycles. The molecule has 94 valence electrons. The molecule has 1 aromatic carbocycles. The number of benzene rings is 1. The van der Waals surface area contributed by atoms with Gasteiger partial charge in [-0.25, -0.2) is 0 Å². The Balaban J connectivity index is 2.61. The fourth-order valence-electron chi connectivity index (χ4n) is 1.45. The molecule has 0 bridgehead atoms. The van der Waals surface area contributed by atoms with Crippen molar-refractivity contribution in [3.8, 4) is 0 Å². The van der Waals surface area contributed by atoms with Crippen molar-refractivity contribution < 1.29 is 0 Å². The van der Waals surface area contributed by atoms with Crippen molar-refractivity contribution in [1.82, 2.24) is 0 Å². The maximum absolute atomic E-state index is 5.90. The third kappa shape index (κ3) is 4.82. The molecule has 0 heterocycles. The molecule has 17 heavy (non-hydrogen) atoms. The van der Waals surface area contributed by atoms with E-state index in [4.69, 9.17) is 5.73 Å². The molecule has 2 N–H and O–H groups in total. The van der Waals surface area contributed by atoms with E-state index < -0.39 is 0 Å². The number of thioether (sulfide) groups is 1. The summed E-state index contributed by atoms with van der Waals surface area (Å²) in [6.07, 6.45) is 1.03. The van der Waals surface area contributed by atoms with Gasteiger partial charge in [0.25, 0.3) is 0 Å². The third-order valence-electron chi connectivity index (χ3n) is 2.82. The summed E-state index contributed by atoms with van der Waals surface area (Å²) in [5.41, 5.74) is 9.86. The molecule has 0 saturated carbocycles. The highest BCUT2D eigenvalue weighted by Crippen LogP contribution is 2.18. The minimum atomic E-state index is 0.320. The van der Waals surface area contributed by atoms with E-state index in [1.165, 1.54) is 16.7 Å². The Morgan fingerprint density at radius 3 is 2.76 bits per heavy atom. The quantitative estimate of drug-likeness (QED) is 0.654. The Morgan fingerprint density at radius 1 is 1.41 bits per heavy atom. The Morgan fingerprint density at radius 2 is 2.12 bits per heavy atom. The van der Waals surface area contributed by atoms with Gasteiger partial charge in [-0.05, 0) is 38.3 Å². The van der Waals surface area contributed by atoms with Crippen molar-refractivity contribution in [1.29, 1.82) is 0 Å². The number of aryl methyl sites for hydroxylation is 2. The molecule has 1 aromatic rings. The average Bonchev–Trinajstić information content (AvgIpc) is 2.30. The van der Waals surface area contributed by atoms with Gasteiger partial charge in [-0.1, -0.05) is 42.4 Å². The van der Waals surface area contributed by atoms with Crippen LogP contribution in [0.25, 0.3) is 0 Å². The summed E-state index contributed by atoms with van der Waals surface area (Å²) in [7, 11) is 0. The zero-order chi connectivity index (χ0) is 12.8. The molecular weight excluding hydrogens is 228 g/mol. The first kappa shape index (κ1) is 14.1. The largest absolute Gasteiger partial charge is 0.379 e. The molecule has 3 heteroatoms. The number of aliphatic imine (C=N–C) groups is 1. The molecule has 0 aliphatic heterocycles. The summed E-state index contributed by atoms with van der Waals surface area (Å²) in [5, 5.41) is 0.695. The monoisotopic (exact) mass is 250 g/mol. The van der Waals surface area contributed by atoms with E-state index in [0.29, 0.717) is 11.2 Å². The number of rotatable bonds is 4. The van der Waals surface area contributed by atoms with Crippen LogP contribution in [0, 0.1) is 13.8 Å². The molecular formula is C14H22N2S. The molecule has 0 saturated heterocycles. The fourth-order valence-corrected chi connectivity index (χ4v) is 2.32. The highest BCUT2D eigenvalue weighted by Gasteiger charge is 2.02. The van der Waals surface area contributed by atoms with Gasteiger partial charge in [0.05, 0.1) is 0 Å². The van der Waals surface area contributed by atoms with Gasteiger partial charge in [-0.15, -0.1) is 0 Å². The number of hydrogen-bond acceptors (Lipinski definition) is 2. The van der Waals surface area contributed by atoms with Gasteiger partial charge < -0.3 is 5.73 Å². The van der Waals surface area contributed by atoms with Crippen LogP contribution < -0.4 is 5.73 Å². The zero-order valence-electron chi connectivity index (χ0n) is 11.2. The lowest BCUT2D eigenvalue weighted by atomic mass is 10.1. The Hall–Kier alpha value is -0.960. The molecule has 0 fully saturated rings. The van der Waals surface area contributed by atoms with Crippen molar-refractivity contribution in [3.05, 3.63) is 34.9 Å². The van der Waals surface area contributed by atoms with E-state index in [-0.39, 0.29) is 0 Å². The van der Waals surface area contributed by atoms with Gasteiger partial charge >= 0.3 is 0 Å². The molecule has 0 spiro atoms. The second-order valence-electron chi connectivity index (χ2n) is 4.44. The van der Waals surface area contributed by atoms with Crippen LogP contribution >= 0.6 is 11.8 Å². The SMILES string of the molecule is CC[C@H](C)N=C(N)SCc1cc(C)ccc1C. The van der Waals surface area contributed by atoms with Crippen molar-refractivity contribution in [3.63, 3.8) is 0 Å². The summed E-state index contributed by atoms with van der Waals surface area (Å²) in [6, 6.07) is 6.84. The van der Waals surface area contributed by atoms with Gasteiger partial charge in [0, 0.05) is 11.8 Å². The van der Waals surface area contributed by atoms with Gasteiger partial charge in [0.1, 0.15) is 0 Å². The lowest BCUT2D eigenvalue weighted by molar-refractivity contribution is 0.718. The smallest absolute Gasteiger partial charge is 0.154 e. The van der Waals surface area contributed by atoms with Crippen LogP contribution in [0.1, 0.15) is 37.0 Å². The van der Waals surface area contributed by atoms with Gasteiger partial charge in [0.2, 0.25) is 0 Å². The van der Waals surface area contributed by atoms with Crippen LogP contribution in [0.4, 0.5) is 0 Å². The lowest BCUT2D eigenvalue weighted by Gasteiger charge is -2.08. The summed E-state index contributed by atoms with van der Waals surface area (Å²) in [4.78, 5) is 4.42. The molecule has 0 aliphatic rings. The maximum atomic E-state index is 5.90. The second kappa shape index (κ2) is 6.70. The zero-order valence-corrected chi connectivity index (χ0v) is 12.0. The highest BCUT2D eigenvalue weighted by molar-refractivity contribution is 8.13. The van der Waals surface area contributed by atoms with Crippen molar-refractivity contribution >= 4 is 16.9 Å². The van der Waals surface area contributed by atoms with Crippen LogP contribution in [0.15, 0.2) is 23.2 Å². The number of hydrogen-bond donors (Lipinski definition) is 1. The van der Waals surface area contributed by atoms with Crippen LogP contribution in [-0.4, -0.2) is 11.2 Å². The number of nitrogens with zero attached hydrogens (tertiary/aromatic N) is 1. The van der Waals surface area contributed by atoms with E-state index in [1.807, 2.05) is 0 Å². The topological polar surface area (TPSA) is 38.4 Å². The van der Waals surface area contributed by atoms with Crippen LogP contribution in [-0.2, 0) is 5.75 Å². The first-order valence-corrected chi connectivity index (χ1v) is 7.03. The maximum Gasteiger partial charge on any atom is 0.154 e. The molecule has 1 rings (SSSR count). The lowest BCUT2D eigenvalue weighted by Crippen LogP contribution is -2.11. The van der Waals surface area contributed by atoms with Crippen molar-refractivity contribution in [2.75, 3.05) is 0 Å². The average molecular weight is 250 g/mol. The third-order valence-corrected chi connectivity index (χ3v) is 3.68. The van der Waals surface area contributed by atoms with E-state index in [9.17, 15) is 0 Å². The number of amidine groups is 1. The summed E-state index contributed by atoms with van der Waals surface area (Å²) in [5.74, 6) is 0.902. The van der Waals surface area contributed by atoms with Crippen LogP contribution in [0.5, 0.6) is 0 Å². The molecule has 0 amide bonds. The predicted octanol–water partition coefficient (Wildman–Crippen LogP) is 3.65. The van der Waals surface area contributed by atoms with E-state index in [1.54, 1.807) is 11.8 Å². The van der Waals surface area contributed by atoms with Crippen molar-refractivity contribution in [2.24, 2.45) is 10.7 Å². The van der Waals surface area contributed by atoms with Crippen LogP contribution in [0.2, 0.25) is 0 Å². The molecule has 2 nitrogen and oxygen atoms in total. The van der Waals surface area contributed by atoms with E-state index in [0.717, 1.165) is 12.2 Å². The van der Waals surface area contributed by atoms with E-state index in [2.05, 4.69) is 50.9 Å². The predicted molar refractivity (Wildman–Crippen MR) is 78.6 cm³/mol. The highest BCUT2D eigenvalue weighted by atomic mass is 32.2. The first-order valence-electron chi connectivity index (χ1n) is 6.05. The molecule has 0 unspecified atom stereocenters. The normalized spacial score (nSPS) is 13.8. The fraction of sp³-hybridized carbons (Fsp3) is 0.500. The summed E-state index contributed by atoms with van der Waals surface area (Å²) >= 11 is 1.62. The minimum Gasteiger partial charge on any atom is -0.379 e. The van der Waals surface area contributed by atoms with Gasteiger partial charge in [0.15, 0.2) is 5.17 Å². The summed E-state index contributed by atoms with van der Waals surface area (Å²) < 4.78 is 0. The molecule has 0 aromatic heterocycles. The van der Waals surface area contributed by atoms with Gasteiger partial charge in [-0.2, -0.15) is 0 Å². The minimum absolute atomic E-state index is 0.320.